The van der Waals surface area contributed by atoms with Crippen molar-refractivity contribution in [2.45, 2.75) is 13.3 Å². The Bertz CT molecular complexity index is 709. The van der Waals surface area contributed by atoms with Crippen LogP contribution in [0.25, 0.3) is 10.9 Å². The predicted octanol–water partition coefficient (Wildman–Crippen LogP) is 3.78. The molecular weight excluding hydrogens is 280 g/mol. The van der Waals surface area contributed by atoms with E-state index in [9.17, 15) is 0 Å². The number of thiophene rings is 1. The standard InChI is InChI=1S/C16H18N4S/c1-2-17-16-19-14-8-4-3-7-13(14)15(20-16)18-10-9-12-6-5-11-21-12/h3-8,11H,2,9-10H2,1H3,(H2,17,18,19,20). The third-order valence-electron chi connectivity index (χ3n) is 3.18. The monoisotopic (exact) mass is 298 g/mol. The van der Waals surface area contributed by atoms with Crippen molar-refractivity contribution in [3.63, 3.8) is 0 Å². The molecule has 0 radical (unpaired) electrons. The first kappa shape index (κ1) is 13.8. The molecule has 0 aliphatic heterocycles. The van der Waals surface area contributed by atoms with Crippen molar-refractivity contribution in [3.8, 4) is 0 Å². The molecule has 0 unspecified atom stereocenters. The van der Waals surface area contributed by atoms with Crippen LogP contribution in [0.4, 0.5) is 11.8 Å². The molecular formula is C16H18N4S. The smallest absolute Gasteiger partial charge is 0.225 e. The number of nitrogens with zero attached hydrogens (tertiary/aromatic N) is 2. The summed E-state index contributed by atoms with van der Waals surface area (Å²) in [4.78, 5) is 10.5. The topological polar surface area (TPSA) is 49.8 Å². The van der Waals surface area contributed by atoms with Gasteiger partial charge in [0.1, 0.15) is 5.82 Å². The van der Waals surface area contributed by atoms with Gasteiger partial charge in [-0.25, -0.2) is 4.98 Å². The summed E-state index contributed by atoms with van der Waals surface area (Å²) >= 11 is 1.79. The quantitative estimate of drug-likeness (QED) is 0.727. The van der Waals surface area contributed by atoms with Gasteiger partial charge in [0.2, 0.25) is 5.95 Å². The highest BCUT2D eigenvalue weighted by molar-refractivity contribution is 7.09. The Balaban J connectivity index is 1.81. The van der Waals surface area contributed by atoms with Crippen LogP contribution < -0.4 is 10.6 Å². The maximum atomic E-state index is 4.58. The van der Waals surface area contributed by atoms with Crippen LogP contribution in [0.5, 0.6) is 0 Å². The van der Waals surface area contributed by atoms with Crippen LogP contribution in [0.3, 0.4) is 0 Å². The second-order valence-corrected chi connectivity index (χ2v) is 5.73. The zero-order valence-corrected chi connectivity index (χ0v) is 12.8. The highest BCUT2D eigenvalue weighted by atomic mass is 32.1. The number of nitrogens with one attached hydrogen (secondary N) is 2. The fourth-order valence-corrected chi connectivity index (χ4v) is 2.92. The number of hydrogen-bond donors (Lipinski definition) is 2. The van der Waals surface area contributed by atoms with Gasteiger partial charge >= 0.3 is 0 Å². The minimum absolute atomic E-state index is 0.676. The van der Waals surface area contributed by atoms with Crippen LogP contribution in [-0.4, -0.2) is 23.1 Å². The fraction of sp³-hybridized carbons (Fsp3) is 0.250. The van der Waals surface area contributed by atoms with Crippen molar-refractivity contribution in [3.05, 3.63) is 46.7 Å². The van der Waals surface area contributed by atoms with Gasteiger partial charge < -0.3 is 10.6 Å². The molecule has 0 spiro atoms. The van der Waals surface area contributed by atoms with E-state index in [4.69, 9.17) is 0 Å². The lowest BCUT2D eigenvalue weighted by Gasteiger charge is -2.10. The lowest BCUT2D eigenvalue weighted by Crippen LogP contribution is -2.09. The lowest BCUT2D eigenvalue weighted by atomic mass is 10.2. The molecule has 0 fully saturated rings. The Morgan fingerprint density at radius 2 is 1.95 bits per heavy atom. The summed E-state index contributed by atoms with van der Waals surface area (Å²) in [6.07, 6.45) is 1.01. The van der Waals surface area contributed by atoms with Gasteiger partial charge in [0, 0.05) is 23.4 Å². The SMILES string of the molecule is CCNc1nc(NCCc2cccs2)c2ccccc2n1. The van der Waals surface area contributed by atoms with Crippen LogP contribution in [0.15, 0.2) is 41.8 Å². The first-order valence-corrected chi connectivity index (χ1v) is 8.01. The zero-order valence-electron chi connectivity index (χ0n) is 12.0. The van der Waals surface area contributed by atoms with E-state index < -0.39 is 0 Å². The third kappa shape index (κ3) is 3.31. The van der Waals surface area contributed by atoms with Gasteiger partial charge in [0.05, 0.1) is 5.52 Å². The molecule has 108 valence electrons. The fourth-order valence-electron chi connectivity index (χ4n) is 2.21. The van der Waals surface area contributed by atoms with Crippen LogP contribution in [0.1, 0.15) is 11.8 Å². The van der Waals surface area contributed by atoms with Crippen LogP contribution in [0.2, 0.25) is 0 Å². The normalized spacial score (nSPS) is 10.7. The molecule has 2 aromatic heterocycles. The Morgan fingerprint density at radius 3 is 2.76 bits per heavy atom. The Kier molecular flexibility index (Phi) is 4.31. The van der Waals surface area contributed by atoms with Gasteiger partial charge in [-0.05, 0) is 36.9 Å². The maximum absolute atomic E-state index is 4.58. The molecule has 0 aliphatic rings. The minimum atomic E-state index is 0.676. The number of hydrogen-bond acceptors (Lipinski definition) is 5. The number of fused-ring (bicyclic) bond motifs is 1. The first-order chi connectivity index (χ1) is 10.4. The summed E-state index contributed by atoms with van der Waals surface area (Å²) < 4.78 is 0. The zero-order chi connectivity index (χ0) is 14.5. The van der Waals surface area contributed by atoms with Gasteiger partial charge in [-0.15, -0.1) is 11.3 Å². The molecule has 0 bridgehead atoms. The maximum Gasteiger partial charge on any atom is 0.225 e. The molecule has 1 aromatic carbocycles. The summed E-state index contributed by atoms with van der Waals surface area (Å²) in [6.45, 7) is 3.72. The first-order valence-electron chi connectivity index (χ1n) is 7.13. The van der Waals surface area contributed by atoms with Gasteiger partial charge in [-0.1, -0.05) is 18.2 Å². The summed E-state index contributed by atoms with van der Waals surface area (Å²) in [5.41, 5.74) is 0.960. The molecule has 3 aromatic rings. The van der Waals surface area contributed by atoms with Crippen molar-refractivity contribution >= 4 is 34.0 Å². The van der Waals surface area contributed by atoms with Gasteiger partial charge in [-0.2, -0.15) is 4.98 Å². The van der Waals surface area contributed by atoms with Crippen molar-refractivity contribution in [1.82, 2.24) is 9.97 Å². The average Bonchev–Trinajstić information content (AvgIpc) is 3.01. The second kappa shape index (κ2) is 6.54. The largest absolute Gasteiger partial charge is 0.369 e. The van der Waals surface area contributed by atoms with Crippen LogP contribution in [0, 0.1) is 0 Å². The predicted molar refractivity (Wildman–Crippen MR) is 90.2 cm³/mol. The molecule has 0 amide bonds. The Hall–Kier alpha value is -2.14. The summed E-state index contributed by atoms with van der Waals surface area (Å²) in [5, 5.41) is 9.79. The van der Waals surface area contributed by atoms with Gasteiger partial charge in [-0.3, -0.25) is 0 Å². The highest BCUT2D eigenvalue weighted by Gasteiger charge is 2.06. The van der Waals surface area contributed by atoms with Crippen molar-refractivity contribution < 1.29 is 0 Å². The molecule has 4 nitrogen and oxygen atoms in total. The highest BCUT2D eigenvalue weighted by Crippen LogP contribution is 2.22. The molecule has 5 heteroatoms. The number of anilines is 2. The Morgan fingerprint density at radius 1 is 1.05 bits per heavy atom. The van der Waals surface area contributed by atoms with E-state index in [-0.39, 0.29) is 0 Å². The minimum Gasteiger partial charge on any atom is -0.369 e. The number of aromatic nitrogens is 2. The van der Waals surface area contributed by atoms with Crippen LogP contribution >= 0.6 is 11.3 Å². The van der Waals surface area contributed by atoms with E-state index in [0.717, 1.165) is 36.2 Å². The summed E-state index contributed by atoms with van der Waals surface area (Å²) in [7, 11) is 0. The van der Waals surface area contributed by atoms with E-state index in [1.807, 2.05) is 25.1 Å². The lowest BCUT2D eigenvalue weighted by molar-refractivity contribution is 1.02. The third-order valence-corrected chi connectivity index (χ3v) is 4.12. The molecule has 2 heterocycles. The van der Waals surface area contributed by atoms with Gasteiger partial charge in [0.15, 0.2) is 0 Å². The molecule has 0 atom stereocenters. The van der Waals surface area contributed by atoms with Crippen molar-refractivity contribution in [2.75, 3.05) is 23.7 Å². The molecule has 0 aliphatic carbocycles. The van der Waals surface area contributed by atoms with E-state index >= 15 is 0 Å². The second-order valence-electron chi connectivity index (χ2n) is 4.70. The molecule has 3 rings (SSSR count). The van der Waals surface area contributed by atoms with Crippen LogP contribution in [-0.2, 0) is 6.42 Å². The number of rotatable bonds is 6. The average molecular weight is 298 g/mol. The summed E-state index contributed by atoms with van der Waals surface area (Å²) in [6, 6.07) is 12.3. The van der Waals surface area contributed by atoms with E-state index in [2.05, 4.69) is 44.2 Å². The molecule has 21 heavy (non-hydrogen) atoms. The molecule has 0 saturated carbocycles. The summed E-state index contributed by atoms with van der Waals surface area (Å²) in [5.74, 6) is 1.57. The van der Waals surface area contributed by atoms with E-state index in [1.54, 1.807) is 11.3 Å². The number of para-hydroxylation sites is 1. The van der Waals surface area contributed by atoms with E-state index in [1.165, 1.54) is 4.88 Å². The van der Waals surface area contributed by atoms with Crippen molar-refractivity contribution in [1.29, 1.82) is 0 Å². The number of benzene rings is 1. The van der Waals surface area contributed by atoms with Gasteiger partial charge in [0.25, 0.3) is 0 Å². The molecule has 0 saturated heterocycles. The van der Waals surface area contributed by atoms with Crippen molar-refractivity contribution in [2.24, 2.45) is 0 Å². The Labute approximate surface area is 128 Å². The molecule has 2 N–H and O–H groups in total. The van der Waals surface area contributed by atoms with E-state index in [0.29, 0.717) is 5.95 Å².